The average molecular weight is 257 g/mol. The quantitative estimate of drug-likeness (QED) is 0.792. The maximum absolute atomic E-state index is 12.1. The molecule has 100 valence electrons. The van der Waals surface area contributed by atoms with Gasteiger partial charge in [-0.25, -0.2) is 0 Å². The number of aliphatic hydroxyl groups is 1. The largest absolute Gasteiger partial charge is 0.395 e. The van der Waals surface area contributed by atoms with Crippen LogP contribution in [0.25, 0.3) is 0 Å². The Morgan fingerprint density at radius 2 is 2.16 bits per heavy atom. The first-order chi connectivity index (χ1) is 9.31. The lowest BCUT2D eigenvalue weighted by molar-refractivity contribution is 0.0952. The van der Waals surface area contributed by atoms with Crippen molar-refractivity contribution in [3.63, 3.8) is 0 Å². The van der Waals surface area contributed by atoms with Crippen LogP contribution in [-0.4, -0.2) is 24.2 Å². The molecule has 3 nitrogen and oxygen atoms in total. The lowest BCUT2D eigenvalue weighted by atomic mass is 10.1. The summed E-state index contributed by atoms with van der Waals surface area (Å²) in [5.41, 5.74) is 1.34. The number of benzene rings is 1. The number of carbonyl (C=O) groups is 1. The first-order valence-corrected chi connectivity index (χ1v) is 6.78. The third kappa shape index (κ3) is 4.42. The summed E-state index contributed by atoms with van der Waals surface area (Å²) >= 11 is 0. The molecule has 2 rings (SSSR count). The van der Waals surface area contributed by atoms with E-state index < -0.39 is 0 Å². The van der Waals surface area contributed by atoms with Gasteiger partial charge < -0.3 is 10.4 Å². The molecule has 0 saturated heterocycles. The Bertz CT molecular complexity index is 495. The molecule has 1 aromatic carbocycles. The zero-order valence-corrected chi connectivity index (χ0v) is 11.0. The molecule has 0 aromatic heterocycles. The van der Waals surface area contributed by atoms with E-state index in [0.29, 0.717) is 12.0 Å². The second-order valence-electron chi connectivity index (χ2n) is 4.81. The zero-order chi connectivity index (χ0) is 13.5. The predicted molar refractivity (Wildman–Crippen MR) is 74.7 cm³/mol. The van der Waals surface area contributed by atoms with Gasteiger partial charge in [-0.3, -0.25) is 4.79 Å². The van der Waals surface area contributed by atoms with Gasteiger partial charge >= 0.3 is 0 Å². The van der Waals surface area contributed by atoms with E-state index in [9.17, 15) is 4.79 Å². The van der Waals surface area contributed by atoms with E-state index in [4.69, 9.17) is 5.11 Å². The smallest absolute Gasteiger partial charge is 0.252 e. The van der Waals surface area contributed by atoms with Crippen LogP contribution in [0.2, 0.25) is 0 Å². The fourth-order valence-electron chi connectivity index (χ4n) is 1.90. The molecule has 0 aliphatic heterocycles. The molecule has 1 aliphatic carbocycles. The van der Waals surface area contributed by atoms with Crippen molar-refractivity contribution in [2.75, 3.05) is 13.2 Å². The van der Waals surface area contributed by atoms with Gasteiger partial charge in [-0.15, -0.1) is 0 Å². The molecular formula is C16H19NO2. The van der Waals surface area contributed by atoms with Gasteiger partial charge in [0.15, 0.2) is 0 Å². The highest BCUT2D eigenvalue weighted by atomic mass is 16.2. The van der Waals surface area contributed by atoms with Crippen LogP contribution in [0.15, 0.2) is 24.3 Å². The highest BCUT2D eigenvalue weighted by Crippen LogP contribution is 2.31. The van der Waals surface area contributed by atoms with Crippen molar-refractivity contribution in [3.05, 3.63) is 35.4 Å². The standard InChI is InChI=1S/C16H19NO2/c18-12-4-3-6-14-5-1-2-7-15(14)16(19)17-11-10-13-8-9-13/h1-2,5,7,13,18H,4,8-12H2,(H,17,19). The van der Waals surface area contributed by atoms with Crippen LogP contribution in [0, 0.1) is 17.8 Å². The van der Waals surface area contributed by atoms with Crippen molar-refractivity contribution in [1.82, 2.24) is 5.32 Å². The third-order valence-electron chi connectivity index (χ3n) is 3.17. The van der Waals surface area contributed by atoms with Gasteiger partial charge in [-0.1, -0.05) is 36.8 Å². The number of nitrogens with one attached hydrogen (secondary N) is 1. The lowest BCUT2D eigenvalue weighted by Crippen LogP contribution is -2.25. The predicted octanol–water partition coefficient (Wildman–Crippen LogP) is 1.95. The highest BCUT2D eigenvalue weighted by molar-refractivity contribution is 5.96. The number of amides is 1. The van der Waals surface area contributed by atoms with Gasteiger partial charge in [0, 0.05) is 18.5 Å². The maximum Gasteiger partial charge on any atom is 0.252 e. The highest BCUT2D eigenvalue weighted by Gasteiger charge is 2.20. The Kier molecular flexibility index (Phi) is 5.00. The Morgan fingerprint density at radius 3 is 2.89 bits per heavy atom. The zero-order valence-electron chi connectivity index (χ0n) is 11.0. The van der Waals surface area contributed by atoms with Crippen molar-refractivity contribution in [1.29, 1.82) is 0 Å². The fourth-order valence-corrected chi connectivity index (χ4v) is 1.90. The van der Waals surface area contributed by atoms with Crippen molar-refractivity contribution < 1.29 is 9.90 Å². The van der Waals surface area contributed by atoms with Gasteiger partial charge in [0.25, 0.3) is 5.91 Å². The summed E-state index contributed by atoms with van der Waals surface area (Å²) in [7, 11) is 0. The molecule has 1 amide bonds. The second-order valence-corrected chi connectivity index (χ2v) is 4.81. The van der Waals surface area contributed by atoms with Crippen molar-refractivity contribution in [2.45, 2.75) is 25.7 Å². The summed E-state index contributed by atoms with van der Waals surface area (Å²) in [6, 6.07) is 7.33. The van der Waals surface area contributed by atoms with Crippen molar-refractivity contribution in [2.24, 2.45) is 5.92 Å². The third-order valence-corrected chi connectivity index (χ3v) is 3.17. The molecule has 1 saturated carbocycles. The van der Waals surface area contributed by atoms with E-state index in [2.05, 4.69) is 17.2 Å². The van der Waals surface area contributed by atoms with Crippen LogP contribution < -0.4 is 5.32 Å². The Balaban J connectivity index is 1.97. The molecule has 0 bridgehead atoms. The summed E-state index contributed by atoms with van der Waals surface area (Å²) in [5.74, 6) is 6.55. The SMILES string of the molecule is O=C(NCCC1CC1)c1ccccc1C#CCCO. The van der Waals surface area contributed by atoms with Gasteiger partial charge in [0.2, 0.25) is 0 Å². The monoisotopic (exact) mass is 257 g/mol. The van der Waals surface area contributed by atoms with E-state index in [1.807, 2.05) is 18.2 Å². The number of hydrogen-bond acceptors (Lipinski definition) is 2. The summed E-state index contributed by atoms with van der Waals surface area (Å²) in [4.78, 5) is 12.1. The maximum atomic E-state index is 12.1. The summed E-state index contributed by atoms with van der Waals surface area (Å²) in [5, 5.41) is 11.7. The first kappa shape index (κ1) is 13.6. The number of carbonyl (C=O) groups excluding carboxylic acids is 1. The van der Waals surface area contributed by atoms with Gasteiger partial charge in [-0.05, 0) is 24.5 Å². The van der Waals surface area contributed by atoms with Crippen LogP contribution in [0.5, 0.6) is 0 Å². The van der Waals surface area contributed by atoms with E-state index in [-0.39, 0.29) is 12.5 Å². The normalized spacial score (nSPS) is 13.5. The molecule has 0 atom stereocenters. The van der Waals surface area contributed by atoms with Crippen LogP contribution in [-0.2, 0) is 0 Å². The van der Waals surface area contributed by atoms with E-state index >= 15 is 0 Å². The Morgan fingerprint density at radius 1 is 1.37 bits per heavy atom. The van der Waals surface area contributed by atoms with E-state index in [0.717, 1.165) is 24.4 Å². The number of rotatable bonds is 5. The van der Waals surface area contributed by atoms with Gasteiger partial charge in [0.1, 0.15) is 0 Å². The van der Waals surface area contributed by atoms with E-state index in [1.54, 1.807) is 6.07 Å². The Hall–Kier alpha value is -1.79. The molecule has 2 N–H and O–H groups in total. The molecule has 0 spiro atoms. The van der Waals surface area contributed by atoms with Crippen molar-refractivity contribution >= 4 is 5.91 Å². The average Bonchev–Trinajstić information content (AvgIpc) is 3.24. The molecule has 0 heterocycles. The molecule has 1 aliphatic rings. The summed E-state index contributed by atoms with van der Waals surface area (Å²) in [6.07, 6.45) is 4.11. The number of aliphatic hydroxyl groups excluding tert-OH is 1. The summed E-state index contributed by atoms with van der Waals surface area (Å²) in [6.45, 7) is 0.782. The summed E-state index contributed by atoms with van der Waals surface area (Å²) < 4.78 is 0. The van der Waals surface area contributed by atoms with Gasteiger partial charge in [0.05, 0.1) is 12.2 Å². The molecule has 0 radical (unpaired) electrons. The molecule has 0 unspecified atom stereocenters. The van der Waals surface area contributed by atoms with E-state index in [1.165, 1.54) is 12.8 Å². The molecular weight excluding hydrogens is 238 g/mol. The van der Waals surface area contributed by atoms with Crippen LogP contribution in [0.1, 0.15) is 41.6 Å². The molecule has 3 heteroatoms. The molecule has 19 heavy (non-hydrogen) atoms. The fraction of sp³-hybridized carbons (Fsp3) is 0.438. The lowest BCUT2D eigenvalue weighted by Gasteiger charge is -2.06. The first-order valence-electron chi connectivity index (χ1n) is 6.78. The van der Waals surface area contributed by atoms with Crippen LogP contribution >= 0.6 is 0 Å². The molecule has 1 fully saturated rings. The minimum atomic E-state index is -0.0606. The van der Waals surface area contributed by atoms with Crippen LogP contribution in [0.3, 0.4) is 0 Å². The second kappa shape index (κ2) is 6.96. The van der Waals surface area contributed by atoms with Crippen LogP contribution in [0.4, 0.5) is 0 Å². The van der Waals surface area contributed by atoms with Crippen molar-refractivity contribution in [3.8, 4) is 11.8 Å². The Labute approximate surface area is 114 Å². The minimum Gasteiger partial charge on any atom is -0.395 e. The minimum absolute atomic E-state index is 0.0444. The molecule has 1 aromatic rings. The van der Waals surface area contributed by atoms with Gasteiger partial charge in [-0.2, -0.15) is 0 Å². The topological polar surface area (TPSA) is 49.3 Å². The number of hydrogen-bond donors (Lipinski definition) is 2.